The van der Waals surface area contributed by atoms with Crippen LogP contribution in [0, 0.1) is 0 Å². The van der Waals surface area contributed by atoms with Crippen LogP contribution >= 0.6 is 15.9 Å². The molecule has 6 nitrogen and oxygen atoms in total. The Hall–Kier alpha value is -2.15. The smallest absolute Gasteiger partial charge is 0.172 e. The van der Waals surface area contributed by atoms with Crippen LogP contribution in [-0.2, 0) is 0 Å². The van der Waals surface area contributed by atoms with E-state index < -0.39 is 0 Å². The van der Waals surface area contributed by atoms with Crippen LogP contribution in [0.1, 0.15) is 5.56 Å². The second-order valence-electron chi connectivity index (χ2n) is 3.76. The van der Waals surface area contributed by atoms with Crippen molar-refractivity contribution in [3.8, 4) is 0 Å². The van der Waals surface area contributed by atoms with E-state index in [9.17, 15) is 0 Å². The van der Waals surface area contributed by atoms with Gasteiger partial charge in [0.25, 0.3) is 0 Å². The van der Waals surface area contributed by atoms with Gasteiger partial charge in [0.2, 0.25) is 0 Å². The first-order valence-electron chi connectivity index (χ1n) is 5.41. The van der Waals surface area contributed by atoms with Crippen LogP contribution in [0.5, 0.6) is 0 Å². The predicted octanol–water partition coefficient (Wildman–Crippen LogP) is 2.10. The maximum atomic E-state index is 8.83. The van der Waals surface area contributed by atoms with E-state index in [2.05, 4.69) is 31.1 Å². The highest BCUT2D eigenvalue weighted by atomic mass is 79.9. The van der Waals surface area contributed by atoms with Crippen molar-refractivity contribution in [2.24, 2.45) is 10.9 Å². The van der Waals surface area contributed by atoms with E-state index in [1.165, 1.54) is 6.33 Å². The molecule has 0 atom stereocenters. The molecule has 0 aliphatic rings. The molecule has 0 bridgehead atoms. The molecule has 0 fully saturated rings. The van der Waals surface area contributed by atoms with Crippen LogP contribution in [-0.4, -0.2) is 28.1 Å². The summed E-state index contributed by atoms with van der Waals surface area (Å²) in [5.74, 6) is 0.737. The number of para-hydroxylation sites is 1. The van der Waals surface area contributed by atoms with Crippen LogP contribution in [0.3, 0.4) is 0 Å². The van der Waals surface area contributed by atoms with Crippen molar-refractivity contribution in [1.29, 1.82) is 0 Å². The van der Waals surface area contributed by atoms with Gasteiger partial charge < -0.3 is 15.8 Å². The first-order chi connectivity index (χ1) is 9.15. The standard InChI is InChI=1S/C12H12BrN5O/c1-18(12-9(13)6-15-7-16-12)10-5-3-2-4-8(10)11(14)17-19/h2-7,19H,1H3,(H2,14,17). The summed E-state index contributed by atoms with van der Waals surface area (Å²) in [5, 5.41) is 11.9. The minimum Gasteiger partial charge on any atom is -0.409 e. The number of amidine groups is 1. The Balaban J connectivity index is 2.51. The SMILES string of the molecule is CN(c1ccccc1C(N)=NO)c1ncncc1Br. The summed E-state index contributed by atoms with van der Waals surface area (Å²) in [6.45, 7) is 0. The van der Waals surface area contributed by atoms with E-state index in [0.29, 0.717) is 11.4 Å². The highest BCUT2D eigenvalue weighted by Gasteiger charge is 2.14. The number of oxime groups is 1. The Bertz CT molecular complexity index is 617. The summed E-state index contributed by atoms with van der Waals surface area (Å²) in [7, 11) is 1.84. The zero-order valence-corrected chi connectivity index (χ0v) is 11.7. The molecule has 1 aromatic heterocycles. The van der Waals surface area contributed by atoms with Crippen molar-refractivity contribution in [1.82, 2.24) is 9.97 Å². The third-order valence-electron chi connectivity index (χ3n) is 2.61. The second-order valence-corrected chi connectivity index (χ2v) is 4.61. The lowest BCUT2D eigenvalue weighted by Crippen LogP contribution is -2.20. The van der Waals surface area contributed by atoms with E-state index in [1.54, 1.807) is 12.3 Å². The fourth-order valence-corrected chi connectivity index (χ4v) is 2.19. The minimum atomic E-state index is 0.0487. The molecule has 7 heteroatoms. The molecule has 0 saturated heterocycles. The van der Waals surface area contributed by atoms with Crippen molar-refractivity contribution in [2.45, 2.75) is 0 Å². The minimum absolute atomic E-state index is 0.0487. The zero-order valence-electron chi connectivity index (χ0n) is 10.2. The molecule has 0 saturated carbocycles. The Morgan fingerprint density at radius 2 is 2.16 bits per heavy atom. The number of nitrogens with zero attached hydrogens (tertiary/aromatic N) is 4. The maximum Gasteiger partial charge on any atom is 0.172 e. The summed E-state index contributed by atoms with van der Waals surface area (Å²) in [6, 6.07) is 7.33. The topological polar surface area (TPSA) is 87.6 Å². The van der Waals surface area contributed by atoms with Crippen molar-refractivity contribution in [3.05, 3.63) is 46.8 Å². The number of halogens is 1. The maximum absolute atomic E-state index is 8.83. The third kappa shape index (κ3) is 2.65. The van der Waals surface area contributed by atoms with Gasteiger partial charge in [-0.3, -0.25) is 0 Å². The Morgan fingerprint density at radius 3 is 2.84 bits per heavy atom. The number of rotatable bonds is 3. The van der Waals surface area contributed by atoms with Crippen LogP contribution < -0.4 is 10.6 Å². The molecule has 98 valence electrons. The number of hydrogen-bond acceptors (Lipinski definition) is 5. The highest BCUT2D eigenvalue weighted by Crippen LogP contribution is 2.29. The highest BCUT2D eigenvalue weighted by molar-refractivity contribution is 9.10. The van der Waals surface area contributed by atoms with Crippen LogP contribution in [0.25, 0.3) is 0 Å². The lowest BCUT2D eigenvalue weighted by molar-refractivity contribution is 0.318. The molecule has 0 aliphatic carbocycles. The van der Waals surface area contributed by atoms with E-state index in [-0.39, 0.29) is 5.84 Å². The van der Waals surface area contributed by atoms with Gasteiger partial charge in [-0.25, -0.2) is 9.97 Å². The number of benzene rings is 1. The number of anilines is 2. The molecule has 0 radical (unpaired) electrons. The van der Waals surface area contributed by atoms with Gasteiger partial charge in [-0.2, -0.15) is 0 Å². The fraction of sp³-hybridized carbons (Fsp3) is 0.0833. The van der Waals surface area contributed by atoms with Gasteiger partial charge in [0.1, 0.15) is 6.33 Å². The molecule has 1 heterocycles. The van der Waals surface area contributed by atoms with Gasteiger partial charge in [-0.1, -0.05) is 17.3 Å². The van der Waals surface area contributed by atoms with Gasteiger partial charge in [-0.05, 0) is 28.1 Å². The van der Waals surface area contributed by atoms with Crippen molar-refractivity contribution < 1.29 is 5.21 Å². The lowest BCUT2D eigenvalue weighted by atomic mass is 10.1. The Kier molecular flexibility index (Phi) is 3.96. The second kappa shape index (κ2) is 5.66. The summed E-state index contributed by atoms with van der Waals surface area (Å²) in [5.41, 5.74) is 7.08. The first kappa shape index (κ1) is 13.3. The normalized spacial score (nSPS) is 11.4. The molecule has 0 unspecified atom stereocenters. The monoisotopic (exact) mass is 321 g/mol. The van der Waals surface area contributed by atoms with Crippen molar-refractivity contribution in [3.63, 3.8) is 0 Å². The van der Waals surface area contributed by atoms with Crippen LogP contribution in [0.15, 0.2) is 46.4 Å². The van der Waals surface area contributed by atoms with E-state index in [4.69, 9.17) is 10.9 Å². The average Bonchev–Trinajstić information content (AvgIpc) is 2.46. The molecule has 1 aromatic carbocycles. The van der Waals surface area contributed by atoms with Gasteiger partial charge >= 0.3 is 0 Å². The molecular formula is C12H12BrN5O. The molecule has 0 aliphatic heterocycles. The Morgan fingerprint density at radius 1 is 1.42 bits per heavy atom. The molecule has 2 aromatic rings. The van der Waals surface area contributed by atoms with Gasteiger partial charge in [0.05, 0.1) is 10.2 Å². The van der Waals surface area contributed by atoms with E-state index in [1.807, 2.05) is 30.1 Å². The van der Waals surface area contributed by atoms with Gasteiger partial charge in [0.15, 0.2) is 11.7 Å². The zero-order chi connectivity index (χ0) is 13.8. The third-order valence-corrected chi connectivity index (χ3v) is 3.17. The summed E-state index contributed by atoms with van der Waals surface area (Å²) in [4.78, 5) is 9.96. The van der Waals surface area contributed by atoms with Gasteiger partial charge in [0, 0.05) is 18.8 Å². The van der Waals surface area contributed by atoms with Crippen molar-refractivity contribution in [2.75, 3.05) is 11.9 Å². The summed E-state index contributed by atoms with van der Waals surface area (Å²) < 4.78 is 0.756. The fourth-order valence-electron chi connectivity index (χ4n) is 1.70. The quantitative estimate of drug-likeness (QED) is 0.391. The average molecular weight is 322 g/mol. The number of aromatic nitrogens is 2. The van der Waals surface area contributed by atoms with Gasteiger partial charge in [-0.15, -0.1) is 0 Å². The summed E-state index contributed by atoms with van der Waals surface area (Å²) >= 11 is 3.40. The molecular weight excluding hydrogens is 310 g/mol. The molecule has 2 rings (SSSR count). The number of hydrogen-bond donors (Lipinski definition) is 2. The Labute approximate surface area is 118 Å². The molecule has 0 spiro atoms. The summed E-state index contributed by atoms with van der Waals surface area (Å²) in [6.07, 6.45) is 3.12. The molecule has 0 amide bonds. The van der Waals surface area contributed by atoms with Crippen LogP contribution in [0.4, 0.5) is 11.5 Å². The van der Waals surface area contributed by atoms with Crippen LogP contribution in [0.2, 0.25) is 0 Å². The van der Waals surface area contributed by atoms with E-state index >= 15 is 0 Å². The van der Waals surface area contributed by atoms with Crippen molar-refractivity contribution >= 4 is 33.3 Å². The number of nitrogens with two attached hydrogens (primary N) is 1. The lowest BCUT2D eigenvalue weighted by Gasteiger charge is -2.21. The molecule has 19 heavy (non-hydrogen) atoms. The van der Waals surface area contributed by atoms with E-state index in [0.717, 1.165) is 10.2 Å². The molecule has 3 N–H and O–H groups in total. The predicted molar refractivity (Wildman–Crippen MR) is 76.7 cm³/mol. The first-order valence-corrected chi connectivity index (χ1v) is 6.20. The largest absolute Gasteiger partial charge is 0.409 e.